The lowest BCUT2D eigenvalue weighted by Gasteiger charge is -2.60. The topological polar surface area (TPSA) is 211 Å². The van der Waals surface area contributed by atoms with Gasteiger partial charge in [-0.2, -0.15) is 26.3 Å². The molecule has 8 rings (SSSR count). The van der Waals surface area contributed by atoms with Gasteiger partial charge in [-0.05, 0) is 94.5 Å². The number of carbonyl (C=O) groups excluding carboxylic acids is 4. The number of pyridine rings is 2. The third kappa shape index (κ3) is 15.0. The molecule has 0 radical (unpaired) electrons. The van der Waals surface area contributed by atoms with Gasteiger partial charge in [-0.25, -0.2) is 27.7 Å². The number of nitrogens with zero attached hydrogens (tertiary/aromatic N) is 4. The summed E-state index contributed by atoms with van der Waals surface area (Å²) in [4.78, 5) is 61.1. The number of ketones is 1. The number of anilines is 1. The molecule has 0 aliphatic carbocycles. The number of aliphatic hydroxyl groups is 1. The fraction of sp³-hybridized carbons (Fsp3) is 0.481. The molecule has 2 aromatic carbocycles. The van der Waals surface area contributed by atoms with Crippen LogP contribution in [0.4, 0.5) is 54.9 Å². The minimum atomic E-state index is -4.92. The summed E-state index contributed by atoms with van der Waals surface area (Å²) in [5, 5.41) is 18.0. The highest BCUT2D eigenvalue weighted by molar-refractivity contribution is 5.88. The van der Waals surface area contributed by atoms with Gasteiger partial charge in [0.2, 0.25) is 5.91 Å². The van der Waals surface area contributed by atoms with Crippen molar-refractivity contribution in [2.24, 2.45) is 22.5 Å². The molecule has 4 aliphatic heterocycles. The molecule has 428 valence electrons. The first kappa shape index (κ1) is 61.2. The number of amides is 3. The number of piperazine rings is 1. The number of ether oxygens (including phenoxy) is 3. The first-order valence-electron chi connectivity index (χ1n) is 24.8. The fourth-order valence-corrected chi connectivity index (χ4v) is 9.30. The van der Waals surface area contributed by atoms with Gasteiger partial charge in [0.25, 0.3) is 0 Å². The zero-order chi connectivity index (χ0) is 58.2. The van der Waals surface area contributed by atoms with Crippen LogP contribution in [0.2, 0.25) is 0 Å². The van der Waals surface area contributed by atoms with E-state index in [2.05, 4.69) is 46.4 Å². The first-order valence-corrected chi connectivity index (χ1v) is 24.8. The lowest BCUT2D eigenvalue weighted by atomic mass is 9.77. The van der Waals surface area contributed by atoms with Gasteiger partial charge in [0.05, 0.1) is 56.1 Å². The van der Waals surface area contributed by atoms with E-state index in [0.717, 1.165) is 104 Å². The van der Waals surface area contributed by atoms with Crippen LogP contribution in [0.5, 0.6) is 0 Å². The molecule has 4 aromatic rings. The van der Waals surface area contributed by atoms with E-state index >= 15 is 8.78 Å². The Balaban J connectivity index is 0.000000546. The van der Waals surface area contributed by atoms with Gasteiger partial charge in [0.1, 0.15) is 35.4 Å². The van der Waals surface area contributed by atoms with Crippen LogP contribution in [0.25, 0.3) is 11.3 Å². The number of hydrogen-bond acceptors (Lipinski definition) is 13. The summed E-state index contributed by atoms with van der Waals surface area (Å²) in [7, 11) is 1.92. The van der Waals surface area contributed by atoms with Crippen molar-refractivity contribution in [2.45, 2.75) is 102 Å². The van der Waals surface area contributed by atoms with E-state index in [1.54, 1.807) is 35.8 Å². The van der Waals surface area contributed by atoms with Gasteiger partial charge in [0, 0.05) is 85.4 Å². The Kier molecular flexibility index (Phi) is 19.7. The quantitative estimate of drug-likeness (QED) is 0.0503. The maximum absolute atomic E-state index is 15.1. The highest BCUT2D eigenvalue weighted by Crippen LogP contribution is 2.43. The molecule has 6 atom stereocenters. The zero-order valence-electron chi connectivity index (χ0n) is 43.9. The van der Waals surface area contributed by atoms with E-state index in [0.29, 0.717) is 34.8 Å². The van der Waals surface area contributed by atoms with Crippen LogP contribution in [0.15, 0.2) is 73.1 Å². The van der Waals surface area contributed by atoms with Crippen molar-refractivity contribution in [1.82, 2.24) is 30.8 Å². The zero-order valence-corrected chi connectivity index (χ0v) is 43.9. The molecule has 25 heteroatoms. The predicted octanol–water partition coefficient (Wildman–Crippen LogP) is 6.99. The number of alkyl halides is 6. The Morgan fingerprint density at radius 2 is 1.34 bits per heavy atom. The second-order valence-corrected chi connectivity index (χ2v) is 20.5. The fourth-order valence-electron chi connectivity index (χ4n) is 9.30. The van der Waals surface area contributed by atoms with Crippen molar-refractivity contribution < 1.29 is 78.0 Å². The molecular weight excluding hydrogens is 1060 g/mol. The number of hydrogen-bond donors (Lipinski definition) is 5. The molecule has 16 nitrogen and oxygen atoms in total. The Bertz CT molecular complexity index is 2820. The maximum Gasteiger partial charge on any atom is 0.407 e. The van der Waals surface area contributed by atoms with Crippen LogP contribution >= 0.6 is 0 Å². The second-order valence-electron chi connectivity index (χ2n) is 20.5. The van der Waals surface area contributed by atoms with Crippen LogP contribution in [0.3, 0.4) is 0 Å². The average molecular weight is 1120 g/mol. The lowest BCUT2D eigenvalue weighted by Crippen LogP contribution is -2.74. The number of halogens is 9. The van der Waals surface area contributed by atoms with Crippen LogP contribution in [-0.4, -0.2) is 140 Å². The summed E-state index contributed by atoms with van der Waals surface area (Å²) in [5.41, 5.74) is 1.20. The Morgan fingerprint density at radius 1 is 0.785 bits per heavy atom. The van der Waals surface area contributed by atoms with Crippen molar-refractivity contribution in [3.63, 3.8) is 0 Å². The number of aromatic nitrogens is 2. The Morgan fingerprint density at radius 3 is 1.85 bits per heavy atom. The normalized spacial score (nSPS) is 18.2. The molecule has 2 unspecified atom stereocenters. The molecular formula is C54H61F9N8O8. The lowest BCUT2D eigenvalue weighted by molar-refractivity contribution is -0.220. The number of aliphatic hydroxyl groups excluding tert-OH is 1. The number of rotatable bonds is 18. The summed E-state index contributed by atoms with van der Waals surface area (Å²) in [5.74, 6) is 1.21. The van der Waals surface area contributed by atoms with Crippen molar-refractivity contribution in [3.05, 3.63) is 113 Å². The van der Waals surface area contributed by atoms with Gasteiger partial charge in [0.15, 0.2) is 5.78 Å². The smallest absolute Gasteiger partial charge is 0.407 e. The molecule has 6 N–H and O–H groups in total. The number of carbonyl (C=O) groups is 4. The molecule has 3 amide bonds. The Labute approximate surface area is 449 Å². The van der Waals surface area contributed by atoms with Gasteiger partial charge in [-0.15, -0.1) is 0 Å². The molecule has 4 fully saturated rings. The third-order valence-corrected chi connectivity index (χ3v) is 14.4. The molecule has 6 heterocycles. The van der Waals surface area contributed by atoms with E-state index in [1.807, 2.05) is 17.4 Å². The second kappa shape index (κ2) is 25.4. The largest absolute Gasteiger partial charge is 0.453 e. The van der Waals surface area contributed by atoms with Crippen LogP contribution in [0, 0.1) is 46.0 Å². The highest BCUT2D eigenvalue weighted by atomic mass is 19.4. The number of benzene rings is 2. The van der Waals surface area contributed by atoms with Gasteiger partial charge in [-0.3, -0.25) is 19.5 Å². The number of piperidine rings is 1. The molecule has 4 saturated heterocycles. The first-order chi connectivity index (χ1) is 37.0. The van der Waals surface area contributed by atoms with Crippen molar-refractivity contribution in [1.29, 1.82) is 0 Å². The van der Waals surface area contributed by atoms with Gasteiger partial charge in [-0.1, -0.05) is 24.0 Å². The van der Waals surface area contributed by atoms with Crippen molar-refractivity contribution >= 4 is 29.7 Å². The number of alkyl carbamates (subject to hydrolysis) is 2. The van der Waals surface area contributed by atoms with Crippen LogP contribution < -0.4 is 26.6 Å². The number of primary amides is 1. The maximum atomic E-state index is 15.1. The predicted molar refractivity (Wildman–Crippen MR) is 269 cm³/mol. The van der Waals surface area contributed by atoms with Gasteiger partial charge >= 0.3 is 24.5 Å². The standard InChI is InChI=1S/C46H48F6N6O5.C8H13F3N2O3/c1-45(2,46(50,51)52)43(56-44(61)62-3)40(59)17-31(41(60)22-53-21-36-37(48)15-30(16-38(36)49)39-18-32(47)12-13-54-39)14-28-7-4-27(5-8-28)6-9-29-10-11-42(55-20-29)57-23-33-19-34(24-57)58(33)35-25-63-26-35;1-7(2,8(9,10)11)4(5(12)14)13-6(15)16-3/h4-5,7-8,10-13,15-16,18,20,31,33-35,41,43,53,60H,14,17,19,21-26H2,1-3H3,(H,56,61);4H,1-3H3,(H2,12,14)(H,13,15)/t31-,33?,34?,41+,43-;4-/m11/s1. The summed E-state index contributed by atoms with van der Waals surface area (Å²) in [6.07, 6.45) is -9.97. The average Bonchev–Trinajstić information content (AvgIpc) is 3.40. The number of methoxy groups -OCH3 is 2. The number of fused-ring (bicyclic) bond motifs is 2. The third-order valence-electron chi connectivity index (χ3n) is 14.4. The highest BCUT2D eigenvalue weighted by Gasteiger charge is 2.57. The summed E-state index contributed by atoms with van der Waals surface area (Å²) in [6.45, 7) is 5.79. The van der Waals surface area contributed by atoms with Crippen LogP contribution in [-0.2, 0) is 36.8 Å². The SMILES string of the molecule is COC(=O)N[C@H](C(=O)C[C@@H](Cc1ccc(C#Cc2ccc(N3CC4CC(C3)N4C3COC3)nc2)cc1)[C@@H](O)CNCc1c(F)cc(-c2cc(F)ccn2)cc1F)C(C)(C)C(F)(F)F.COC(=O)N[C@H](C(N)=O)C(C)(C)C(F)(F)F. The van der Waals surface area contributed by atoms with E-state index in [4.69, 9.17) is 10.5 Å². The monoisotopic (exact) mass is 1120 g/mol. The van der Waals surface area contributed by atoms with Crippen LogP contribution in [0.1, 0.15) is 62.8 Å². The van der Waals surface area contributed by atoms with E-state index in [9.17, 15) is 55.0 Å². The molecule has 0 saturated carbocycles. The Hall–Kier alpha value is -7.01. The molecule has 4 aliphatic rings. The number of Topliss-reactive ketones (excluding diaryl/α,β-unsaturated/α-hetero) is 1. The number of nitrogens with one attached hydrogen (secondary N) is 3. The van der Waals surface area contributed by atoms with Crippen molar-refractivity contribution in [3.8, 4) is 23.1 Å². The molecule has 79 heavy (non-hydrogen) atoms. The minimum absolute atomic E-state index is 0.00287. The summed E-state index contributed by atoms with van der Waals surface area (Å²) < 4.78 is 138. The van der Waals surface area contributed by atoms with E-state index < -0.39 is 107 Å². The van der Waals surface area contributed by atoms with Gasteiger partial charge < -0.3 is 45.9 Å². The van der Waals surface area contributed by atoms with E-state index in [1.165, 1.54) is 6.42 Å². The summed E-state index contributed by atoms with van der Waals surface area (Å²) >= 11 is 0. The summed E-state index contributed by atoms with van der Waals surface area (Å²) in [6, 6.07) is 12.5. The number of nitrogens with two attached hydrogens (primary N) is 1. The van der Waals surface area contributed by atoms with Crippen molar-refractivity contribution in [2.75, 3.05) is 52.0 Å². The minimum Gasteiger partial charge on any atom is -0.453 e. The van der Waals surface area contributed by atoms with E-state index in [-0.39, 0.29) is 24.2 Å². The molecule has 2 aromatic heterocycles. The molecule has 2 bridgehead atoms. The molecule has 0 spiro atoms.